The minimum absolute atomic E-state index is 0.192. The third-order valence-electron chi connectivity index (χ3n) is 3.59. The Balaban J connectivity index is 1.52. The van der Waals surface area contributed by atoms with E-state index in [-0.39, 0.29) is 6.03 Å². The van der Waals surface area contributed by atoms with E-state index < -0.39 is 0 Å². The van der Waals surface area contributed by atoms with Gasteiger partial charge in [-0.25, -0.2) is 9.78 Å². The number of rotatable bonds is 6. The molecule has 128 valence electrons. The molecule has 0 aliphatic heterocycles. The van der Waals surface area contributed by atoms with Gasteiger partial charge in [-0.1, -0.05) is 18.2 Å². The van der Waals surface area contributed by atoms with Gasteiger partial charge in [-0.15, -0.1) is 23.1 Å². The van der Waals surface area contributed by atoms with Crippen LogP contribution in [0.25, 0.3) is 0 Å². The van der Waals surface area contributed by atoms with E-state index in [2.05, 4.69) is 21.7 Å². The predicted octanol–water partition coefficient (Wildman–Crippen LogP) is 5.07. The van der Waals surface area contributed by atoms with Crippen LogP contribution in [0.1, 0.15) is 16.0 Å². The zero-order valence-corrected chi connectivity index (χ0v) is 15.5. The van der Waals surface area contributed by atoms with Crippen LogP contribution < -0.4 is 10.6 Å². The summed E-state index contributed by atoms with van der Waals surface area (Å²) in [4.78, 5) is 17.6. The molecular weight excluding hydrogens is 350 g/mol. The average molecular weight is 370 g/mol. The maximum atomic E-state index is 12.1. The van der Waals surface area contributed by atoms with Crippen molar-refractivity contribution in [1.82, 2.24) is 10.3 Å². The molecule has 0 radical (unpaired) electrons. The van der Waals surface area contributed by atoms with Crippen LogP contribution in [0.2, 0.25) is 0 Å². The number of nitrogens with one attached hydrogen (secondary N) is 2. The number of hydrogen-bond donors (Lipinski definition) is 2. The van der Waals surface area contributed by atoms with Gasteiger partial charge in [0.05, 0.1) is 11.6 Å². The van der Waals surface area contributed by atoms with Crippen LogP contribution in [0.4, 0.5) is 10.5 Å². The van der Waals surface area contributed by atoms with Crippen molar-refractivity contribution in [1.29, 1.82) is 0 Å². The first-order valence-electron chi connectivity index (χ1n) is 7.91. The second-order valence-electron chi connectivity index (χ2n) is 5.49. The lowest BCUT2D eigenvalue weighted by molar-refractivity contribution is 0.252. The number of anilines is 1. The number of carbonyl (C=O) groups is 1. The molecule has 2 amide bonds. The fourth-order valence-electron chi connectivity index (χ4n) is 2.25. The monoisotopic (exact) mass is 369 g/mol. The van der Waals surface area contributed by atoms with Crippen molar-refractivity contribution in [2.75, 3.05) is 5.32 Å². The maximum Gasteiger partial charge on any atom is 0.319 e. The Labute approximate surface area is 155 Å². The fourth-order valence-corrected chi connectivity index (χ4v) is 3.90. The third kappa shape index (κ3) is 5.34. The number of carbonyl (C=O) groups excluding carboxylic acids is 1. The smallest absolute Gasteiger partial charge is 0.319 e. The number of nitrogens with zero attached hydrogens (tertiary/aromatic N) is 1. The van der Waals surface area contributed by atoms with Crippen LogP contribution in [0.3, 0.4) is 0 Å². The summed E-state index contributed by atoms with van der Waals surface area (Å²) in [6.07, 6.45) is 1.79. The molecule has 2 aromatic heterocycles. The quantitative estimate of drug-likeness (QED) is 0.597. The molecule has 0 saturated carbocycles. The summed E-state index contributed by atoms with van der Waals surface area (Å²) in [7, 11) is 0. The maximum absolute atomic E-state index is 12.1. The Kier molecular flexibility index (Phi) is 6.09. The first-order valence-corrected chi connectivity index (χ1v) is 9.78. The summed E-state index contributed by atoms with van der Waals surface area (Å²) in [5.41, 5.74) is 3.14. The molecule has 6 heteroatoms. The number of hydrogen-bond acceptors (Lipinski definition) is 4. The molecule has 0 bridgehead atoms. The van der Waals surface area contributed by atoms with Crippen molar-refractivity contribution in [3.8, 4) is 0 Å². The van der Waals surface area contributed by atoms with Gasteiger partial charge in [0.15, 0.2) is 0 Å². The number of benzene rings is 1. The molecule has 0 fully saturated rings. The van der Waals surface area contributed by atoms with E-state index in [9.17, 15) is 4.79 Å². The minimum Gasteiger partial charge on any atom is -0.333 e. The van der Waals surface area contributed by atoms with Gasteiger partial charge < -0.3 is 10.6 Å². The van der Waals surface area contributed by atoms with Crippen molar-refractivity contribution in [3.05, 3.63) is 76.1 Å². The lowest BCUT2D eigenvalue weighted by atomic mass is 10.2. The van der Waals surface area contributed by atoms with E-state index in [0.717, 1.165) is 22.0 Å². The number of thioether (sulfide) groups is 1. The summed E-state index contributed by atoms with van der Waals surface area (Å²) in [6.45, 7) is 2.60. The molecule has 3 aromatic rings. The zero-order valence-electron chi connectivity index (χ0n) is 13.9. The Morgan fingerprint density at radius 3 is 2.88 bits per heavy atom. The normalized spacial score (nSPS) is 10.4. The molecule has 25 heavy (non-hydrogen) atoms. The standard InChI is InChI=1S/C19H19N3OS2/c1-14-8-10-24-17(14)12-21-19(23)22-16-6-4-5-15(11-16)13-25-18-7-2-3-9-20-18/h2-11H,12-13H2,1H3,(H2,21,22,23). The van der Waals surface area contributed by atoms with E-state index in [0.29, 0.717) is 6.54 Å². The first-order chi connectivity index (χ1) is 12.2. The van der Waals surface area contributed by atoms with Gasteiger partial charge in [-0.05, 0) is 53.8 Å². The van der Waals surface area contributed by atoms with Crippen molar-refractivity contribution < 1.29 is 4.79 Å². The number of pyridine rings is 1. The van der Waals surface area contributed by atoms with Crippen LogP contribution in [-0.4, -0.2) is 11.0 Å². The van der Waals surface area contributed by atoms with Crippen LogP contribution >= 0.6 is 23.1 Å². The molecule has 0 spiro atoms. The lowest BCUT2D eigenvalue weighted by Gasteiger charge is -2.09. The highest BCUT2D eigenvalue weighted by Crippen LogP contribution is 2.22. The number of aromatic nitrogens is 1. The Hall–Kier alpha value is -2.31. The first kappa shape index (κ1) is 17.5. The van der Waals surface area contributed by atoms with E-state index in [1.165, 1.54) is 10.4 Å². The molecule has 0 aliphatic carbocycles. The zero-order chi connectivity index (χ0) is 17.5. The van der Waals surface area contributed by atoms with Crippen molar-refractivity contribution >= 4 is 34.8 Å². The lowest BCUT2D eigenvalue weighted by Crippen LogP contribution is -2.28. The van der Waals surface area contributed by atoms with Crippen LogP contribution in [0, 0.1) is 6.92 Å². The second kappa shape index (κ2) is 8.69. The largest absolute Gasteiger partial charge is 0.333 e. The Morgan fingerprint density at radius 2 is 2.12 bits per heavy atom. The van der Waals surface area contributed by atoms with Gasteiger partial charge in [-0.3, -0.25) is 0 Å². The topological polar surface area (TPSA) is 54.0 Å². The highest BCUT2D eigenvalue weighted by Gasteiger charge is 2.05. The Morgan fingerprint density at radius 1 is 1.20 bits per heavy atom. The molecule has 4 nitrogen and oxygen atoms in total. The van der Waals surface area contributed by atoms with Crippen LogP contribution in [-0.2, 0) is 12.3 Å². The van der Waals surface area contributed by atoms with E-state index in [1.54, 1.807) is 29.3 Å². The third-order valence-corrected chi connectivity index (χ3v) is 5.62. The average Bonchev–Trinajstić information content (AvgIpc) is 3.04. The summed E-state index contributed by atoms with van der Waals surface area (Å²) in [5, 5.41) is 8.81. The van der Waals surface area contributed by atoms with Crippen LogP contribution in [0.15, 0.2) is 65.1 Å². The van der Waals surface area contributed by atoms with Gasteiger partial charge in [0, 0.05) is 22.5 Å². The number of amides is 2. The summed E-state index contributed by atoms with van der Waals surface area (Å²) < 4.78 is 0. The van der Waals surface area contributed by atoms with Gasteiger partial charge >= 0.3 is 6.03 Å². The van der Waals surface area contributed by atoms with E-state index >= 15 is 0 Å². The van der Waals surface area contributed by atoms with Crippen molar-refractivity contribution in [2.45, 2.75) is 24.2 Å². The predicted molar refractivity (Wildman–Crippen MR) is 105 cm³/mol. The van der Waals surface area contributed by atoms with Gasteiger partial charge in [-0.2, -0.15) is 0 Å². The van der Waals surface area contributed by atoms with E-state index in [4.69, 9.17) is 0 Å². The molecule has 3 rings (SSSR count). The summed E-state index contributed by atoms with van der Waals surface area (Å²) >= 11 is 3.33. The molecule has 2 heterocycles. The summed E-state index contributed by atoms with van der Waals surface area (Å²) in [5.74, 6) is 0.808. The Bertz CT molecular complexity index is 833. The van der Waals surface area contributed by atoms with Gasteiger partial charge in [0.2, 0.25) is 0 Å². The second-order valence-corrected chi connectivity index (χ2v) is 7.49. The van der Waals surface area contributed by atoms with Crippen molar-refractivity contribution in [2.24, 2.45) is 0 Å². The number of urea groups is 1. The molecule has 0 atom stereocenters. The van der Waals surface area contributed by atoms with Gasteiger partial charge in [0.25, 0.3) is 0 Å². The molecule has 1 aromatic carbocycles. The minimum atomic E-state index is -0.192. The van der Waals surface area contributed by atoms with Gasteiger partial charge in [0.1, 0.15) is 0 Å². The molecule has 0 aliphatic rings. The molecule has 0 saturated heterocycles. The fraction of sp³-hybridized carbons (Fsp3) is 0.158. The molecule has 2 N–H and O–H groups in total. The van der Waals surface area contributed by atoms with Crippen LogP contribution in [0.5, 0.6) is 0 Å². The molecule has 0 unspecified atom stereocenters. The highest BCUT2D eigenvalue weighted by molar-refractivity contribution is 7.98. The SMILES string of the molecule is Cc1ccsc1CNC(=O)Nc1cccc(CSc2ccccn2)c1. The molecular formula is C19H19N3OS2. The van der Waals surface area contributed by atoms with E-state index in [1.807, 2.05) is 54.8 Å². The number of thiophene rings is 1. The highest BCUT2D eigenvalue weighted by atomic mass is 32.2. The number of aryl methyl sites for hydroxylation is 1. The van der Waals surface area contributed by atoms with Crippen molar-refractivity contribution in [3.63, 3.8) is 0 Å². The summed E-state index contributed by atoms with van der Waals surface area (Å²) in [6, 6.07) is 15.6.